The van der Waals surface area contributed by atoms with E-state index in [1.165, 1.54) is 25.3 Å². The van der Waals surface area contributed by atoms with Gasteiger partial charge in [0.05, 0.1) is 0 Å². The molecular formula is C12H15N3O5S. The highest BCUT2D eigenvalue weighted by atomic mass is 32.2. The molecule has 0 bridgehead atoms. The fourth-order valence-corrected chi connectivity index (χ4v) is 2.38. The first-order valence-corrected chi connectivity index (χ1v) is 7.40. The van der Waals surface area contributed by atoms with Crippen LogP contribution in [0, 0.1) is 0 Å². The Morgan fingerprint density at radius 2 is 2.05 bits per heavy atom. The number of nitrogens with zero attached hydrogens (tertiary/aromatic N) is 1. The van der Waals surface area contributed by atoms with Crippen molar-refractivity contribution in [1.82, 2.24) is 15.0 Å². The maximum Gasteiger partial charge on any atom is 0.328 e. The van der Waals surface area contributed by atoms with Crippen molar-refractivity contribution in [3.8, 4) is 0 Å². The van der Waals surface area contributed by atoms with E-state index in [-0.39, 0.29) is 23.9 Å². The highest BCUT2D eigenvalue weighted by Gasteiger charge is 2.14. The molecule has 8 nitrogen and oxygen atoms in total. The average molecular weight is 313 g/mol. The van der Waals surface area contributed by atoms with Crippen LogP contribution in [0.4, 0.5) is 0 Å². The van der Waals surface area contributed by atoms with Crippen LogP contribution in [0.2, 0.25) is 0 Å². The van der Waals surface area contributed by atoms with Gasteiger partial charge >= 0.3 is 5.97 Å². The smallest absolute Gasteiger partial charge is 0.328 e. The number of carboxylic acids is 1. The summed E-state index contributed by atoms with van der Waals surface area (Å²) in [7, 11) is -3.76. The molecule has 0 saturated carbocycles. The van der Waals surface area contributed by atoms with E-state index in [4.69, 9.17) is 5.11 Å². The number of aliphatic carboxylic acids is 1. The highest BCUT2D eigenvalue weighted by Crippen LogP contribution is 2.10. The molecule has 21 heavy (non-hydrogen) atoms. The number of carboxylic acid groups (broad SMARTS) is 1. The fourth-order valence-electron chi connectivity index (χ4n) is 1.35. The molecule has 0 radical (unpaired) electrons. The van der Waals surface area contributed by atoms with Crippen LogP contribution in [-0.4, -0.2) is 43.5 Å². The van der Waals surface area contributed by atoms with Gasteiger partial charge in [-0.1, -0.05) is 0 Å². The Bertz CT molecular complexity index is 655. The molecule has 0 aliphatic carbocycles. The summed E-state index contributed by atoms with van der Waals surface area (Å²) in [5.41, 5.74) is 0.349. The fraction of sp³-hybridized carbons (Fsp3) is 0.250. The zero-order chi connectivity index (χ0) is 15.9. The van der Waals surface area contributed by atoms with Crippen molar-refractivity contribution in [2.75, 3.05) is 13.1 Å². The van der Waals surface area contributed by atoms with E-state index < -0.39 is 16.0 Å². The molecule has 1 amide bonds. The van der Waals surface area contributed by atoms with E-state index in [2.05, 4.69) is 15.0 Å². The zero-order valence-electron chi connectivity index (χ0n) is 11.2. The van der Waals surface area contributed by atoms with Crippen LogP contribution in [0.25, 0.3) is 6.08 Å². The largest absolute Gasteiger partial charge is 0.478 e. The summed E-state index contributed by atoms with van der Waals surface area (Å²) in [6.07, 6.45) is 4.62. The average Bonchev–Trinajstić information content (AvgIpc) is 2.41. The Morgan fingerprint density at radius 1 is 1.33 bits per heavy atom. The molecule has 1 rings (SSSR count). The summed E-state index contributed by atoms with van der Waals surface area (Å²) >= 11 is 0. The summed E-state index contributed by atoms with van der Waals surface area (Å²) in [6.45, 7) is 1.54. The lowest BCUT2D eigenvalue weighted by Gasteiger charge is -2.07. The first-order valence-electron chi connectivity index (χ1n) is 5.91. The van der Waals surface area contributed by atoms with Gasteiger partial charge in [-0.15, -0.1) is 0 Å². The Balaban J connectivity index is 2.76. The van der Waals surface area contributed by atoms with Crippen molar-refractivity contribution in [1.29, 1.82) is 0 Å². The molecule has 3 N–H and O–H groups in total. The molecule has 0 atom stereocenters. The third kappa shape index (κ3) is 6.15. The maximum absolute atomic E-state index is 12.0. The van der Waals surface area contributed by atoms with E-state index in [1.54, 1.807) is 0 Å². The van der Waals surface area contributed by atoms with Crippen molar-refractivity contribution in [2.45, 2.75) is 11.8 Å². The lowest BCUT2D eigenvalue weighted by atomic mass is 10.2. The maximum atomic E-state index is 12.0. The standard InChI is InChI=1S/C12H15N3O5S/c1-9(16)14-4-5-15-21(19,20)11-6-10(7-13-8-11)2-3-12(17)18/h2-3,6-8,15H,4-5H2,1H3,(H,14,16)(H,17,18). The van der Waals surface area contributed by atoms with Gasteiger partial charge in [0.1, 0.15) is 4.90 Å². The van der Waals surface area contributed by atoms with Crippen molar-refractivity contribution >= 4 is 28.0 Å². The van der Waals surface area contributed by atoms with Crippen LogP contribution >= 0.6 is 0 Å². The van der Waals surface area contributed by atoms with Gasteiger partial charge in [-0.2, -0.15) is 0 Å². The summed E-state index contributed by atoms with van der Waals surface area (Å²) in [5.74, 6) is -1.40. The molecule has 0 fully saturated rings. The van der Waals surface area contributed by atoms with Gasteiger partial charge in [-0.3, -0.25) is 9.78 Å². The molecule has 1 heterocycles. The van der Waals surface area contributed by atoms with Gasteiger partial charge in [0, 0.05) is 38.5 Å². The zero-order valence-corrected chi connectivity index (χ0v) is 12.1. The normalized spacial score (nSPS) is 11.5. The predicted molar refractivity (Wildman–Crippen MR) is 74.8 cm³/mol. The molecule has 0 spiro atoms. The van der Waals surface area contributed by atoms with Crippen LogP contribution in [0.1, 0.15) is 12.5 Å². The van der Waals surface area contributed by atoms with Crippen LogP contribution in [0.15, 0.2) is 29.4 Å². The van der Waals surface area contributed by atoms with Gasteiger partial charge in [-0.25, -0.2) is 17.9 Å². The minimum Gasteiger partial charge on any atom is -0.478 e. The third-order valence-electron chi connectivity index (χ3n) is 2.25. The SMILES string of the molecule is CC(=O)NCCNS(=O)(=O)c1cncc(C=CC(=O)O)c1. The Kier molecular flexibility index (Phi) is 6.00. The third-order valence-corrected chi connectivity index (χ3v) is 3.68. The quantitative estimate of drug-likeness (QED) is 0.464. The number of hydrogen-bond acceptors (Lipinski definition) is 5. The van der Waals surface area contributed by atoms with E-state index in [1.807, 2.05) is 0 Å². The van der Waals surface area contributed by atoms with Gasteiger partial charge in [0.25, 0.3) is 0 Å². The van der Waals surface area contributed by atoms with Crippen LogP contribution in [0.3, 0.4) is 0 Å². The molecular weight excluding hydrogens is 298 g/mol. The number of amides is 1. The second kappa shape index (κ2) is 7.50. The van der Waals surface area contributed by atoms with Crippen LogP contribution in [0.5, 0.6) is 0 Å². The van der Waals surface area contributed by atoms with Gasteiger partial charge in [0.2, 0.25) is 15.9 Å². The van der Waals surface area contributed by atoms with Crippen molar-refractivity contribution < 1.29 is 23.1 Å². The lowest BCUT2D eigenvalue weighted by molar-refractivity contribution is -0.131. The Morgan fingerprint density at radius 3 is 2.67 bits per heavy atom. The number of nitrogens with one attached hydrogen (secondary N) is 2. The Hall–Kier alpha value is -2.26. The number of carbonyl (C=O) groups excluding carboxylic acids is 1. The molecule has 1 aromatic heterocycles. The number of hydrogen-bond donors (Lipinski definition) is 3. The first-order chi connectivity index (χ1) is 9.81. The highest BCUT2D eigenvalue weighted by molar-refractivity contribution is 7.89. The summed E-state index contributed by atoms with van der Waals surface area (Å²) < 4.78 is 26.2. The molecule has 1 aromatic rings. The predicted octanol–water partition coefficient (Wildman–Crippen LogP) is -0.406. The summed E-state index contributed by atoms with van der Waals surface area (Å²) in [4.78, 5) is 24.7. The van der Waals surface area contributed by atoms with Gasteiger partial charge < -0.3 is 10.4 Å². The molecule has 0 unspecified atom stereocenters. The van der Waals surface area contributed by atoms with E-state index in [9.17, 15) is 18.0 Å². The monoisotopic (exact) mass is 313 g/mol. The van der Waals surface area contributed by atoms with Gasteiger partial charge in [-0.05, 0) is 17.7 Å². The Labute approximate surface area is 121 Å². The summed E-state index contributed by atoms with van der Waals surface area (Å²) in [6, 6.07) is 1.30. The van der Waals surface area contributed by atoms with Crippen molar-refractivity contribution in [3.05, 3.63) is 30.1 Å². The molecule has 9 heteroatoms. The number of carbonyl (C=O) groups is 2. The number of rotatable bonds is 7. The van der Waals surface area contributed by atoms with Gasteiger partial charge in [0.15, 0.2) is 0 Å². The van der Waals surface area contributed by atoms with Crippen LogP contribution < -0.4 is 10.0 Å². The van der Waals surface area contributed by atoms with Crippen LogP contribution in [-0.2, 0) is 19.6 Å². The molecule has 0 aliphatic rings. The van der Waals surface area contributed by atoms with E-state index >= 15 is 0 Å². The molecule has 114 valence electrons. The van der Waals surface area contributed by atoms with E-state index in [0.29, 0.717) is 5.56 Å². The van der Waals surface area contributed by atoms with Crippen molar-refractivity contribution in [3.63, 3.8) is 0 Å². The number of aromatic nitrogens is 1. The first kappa shape index (κ1) is 16.8. The van der Waals surface area contributed by atoms with E-state index in [0.717, 1.165) is 12.3 Å². The second-order valence-corrected chi connectivity index (χ2v) is 5.77. The summed E-state index contributed by atoms with van der Waals surface area (Å²) in [5, 5.41) is 11.0. The molecule has 0 aromatic carbocycles. The minimum absolute atomic E-state index is 0.0388. The topological polar surface area (TPSA) is 125 Å². The second-order valence-electron chi connectivity index (χ2n) is 4.01. The van der Waals surface area contributed by atoms with Crippen molar-refractivity contribution in [2.24, 2.45) is 0 Å². The minimum atomic E-state index is -3.76. The number of sulfonamides is 1. The molecule has 0 aliphatic heterocycles. The number of pyridine rings is 1. The lowest BCUT2D eigenvalue weighted by Crippen LogP contribution is -2.33. The molecule has 0 saturated heterocycles.